The molecule has 1 aromatic rings. The highest BCUT2D eigenvalue weighted by Gasteiger charge is 2.26. The molecule has 0 aliphatic heterocycles. The Balaban J connectivity index is 2.63. The number of carbonyl (C=O) groups excluding carboxylic acids is 3. The summed E-state index contributed by atoms with van der Waals surface area (Å²) in [4.78, 5) is 47.6. The van der Waals surface area contributed by atoms with Crippen molar-refractivity contribution >= 4 is 36.3 Å². The third-order valence-electron chi connectivity index (χ3n) is 4.03. The van der Waals surface area contributed by atoms with Gasteiger partial charge in [-0.25, -0.2) is 4.79 Å². The van der Waals surface area contributed by atoms with Crippen molar-refractivity contribution in [3.8, 4) is 5.75 Å². The molecule has 0 heterocycles. The van der Waals surface area contributed by atoms with Crippen molar-refractivity contribution < 1.29 is 29.4 Å². The van der Waals surface area contributed by atoms with Crippen molar-refractivity contribution in [2.24, 2.45) is 5.73 Å². The summed E-state index contributed by atoms with van der Waals surface area (Å²) in [5.41, 5.74) is 6.12. The van der Waals surface area contributed by atoms with E-state index in [1.54, 1.807) is 12.1 Å². The highest BCUT2D eigenvalue weighted by Crippen LogP contribution is 2.11. The first-order chi connectivity index (χ1) is 13.5. The second-order valence-corrected chi connectivity index (χ2v) is 6.88. The second-order valence-electron chi connectivity index (χ2n) is 6.52. The molecule has 0 aliphatic carbocycles. The highest BCUT2D eigenvalue weighted by molar-refractivity contribution is 7.80. The summed E-state index contributed by atoms with van der Waals surface area (Å²) in [7, 11) is 0. The molecule has 0 aromatic heterocycles. The summed E-state index contributed by atoms with van der Waals surface area (Å²) in [6.45, 7) is 2.81. The predicted molar refractivity (Wildman–Crippen MR) is 108 cm³/mol. The van der Waals surface area contributed by atoms with Crippen LogP contribution in [0.3, 0.4) is 0 Å². The summed E-state index contributed by atoms with van der Waals surface area (Å²) >= 11 is 3.90. The van der Waals surface area contributed by atoms with Gasteiger partial charge in [0, 0.05) is 12.2 Å². The van der Waals surface area contributed by atoms with Crippen molar-refractivity contribution in [1.29, 1.82) is 0 Å². The van der Waals surface area contributed by atoms with Crippen molar-refractivity contribution in [2.75, 3.05) is 5.75 Å². The van der Waals surface area contributed by atoms with E-state index in [0.717, 1.165) is 0 Å². The molecule has 7 N–H and O–H groups in total. The largest absolute Gasteiger partial charge is 0.508 e. The maximum Gasteiger partial charge on any atom is 0.326 e. The van der Waals surface area contributed by atoms with Crippen LogP contribution in [0.2, 0.25) is 0 Å². The number of phenols is 1. The number of benzene rings is 1. The van der Waals surface area contributed by atoms with Gasteiger partial charge in [-0.05, 0) is 31.5 Å². The Hall–Kier alpha value is -2.79. The SMILES string of the molecule is CC(NC(=O)C(N)CS)C(=O)NC(C)C(=O)NC(Cc1ccc(O)cc1)C(=O)O. The fraction of sp³-hybridized carbons (Fsp3) is 0.444. The lowest BCUT2D eigenvalue weighted by Crippen LogP contribution is -2.55. The van der Waals surface area contributed by atoms with Gasteiger partial charge in [0.25, 0.3) is 0 Å². The van der Waals surface area contributed by atoms with Gasteiger partial charge in [-0.1, -0.05) is 12.1 Å². The van der Waals surface area contributed by atoms with Crippen LogP contribution in [0.4, 0.5) is 0 Å². The van der Waals surface area contributed by atoms with Crippen LogP contribution in [0, 0.1) is 0 Å². The quantitative estimate of drug-likeness (QED) is 0.230. The van der Waals surface area contributed by atoms with E-state index in [2.05, 4.69) is 28.6 Å². The van der Waals surface area contributed by atoms with E-state index in [4.69, 9.17) is 5.73 Å². The predicted octanol–water partition coefficient (Wildman–Crippen LogP) is -1.23. The van der Waals surface area contributed by atoms with E-state index in [9.17, 15) is 29.4 Å². The highest BCUT2D eigenvalue weighted by atomic mass is 32.1. The van der Waals surface area contributed by atoms with E-state index in [0.29, 0.717) is 5.56 Å². The summed E-state index contributed by atoms with van der Waals surface area (Å²) in [6, 6.07) is 1.83. The molecule has 11 heteroatoms. The van der Waals surface area contributed by atoms with Crippen LogP contribution in [0.15, 0.2) is 24.3 Å². The number of nitrogens with one attached hydrogen (secondary N) is 3. The van der Waals surface area contributed by atoms with Gasteiger partial charge in [0.05, 0.1) is 6.04 Å². The molecule has 160 valence electrons. The van der Waals surface area contributed by atoms with Crippen LogP contribution in [-0.4, -0.2) is 63.8 Å². The second kappa shape index (κ2) is 11.3. The van der Waals surface area contributed by atoms with Crippen LogP contribution >= 0.6 is 12.6 Å². The first-order valence-electron chi connectivity index (χ1n) is 8.83. The monoisotopic (exact) mass is 426 g/mol. The van der Waals surface area contributed by atoms with Crippen LogP contribution in [0.1, 0.15) is 19.4 Å². The minimum atomic E-state index is -1.24. The summed E-state index contributed by atoms with van der Waals surface area (Å²) in [5.74, 6) is -2.98. The van der Waals surface area contributed by atoms with Gasteiger partial charge in [-0.15, -0.1) is 0 Å². The zero-order valence-corrected chi connectivity index (χ0v) is 17.0. The maximum atomic E-state index is 12.3. The number of hydrogen-bond donors (Lipinski definition) is 7. The third kappa shape index (κ3) is 8.00. The average Bonchev–Trinajstić information content (AvgIpc) is 2.67. The molecule has 1 aromatic carbocycles. The lowest BCUT2D eigenvalue weighted by molar-refractivity contribution is -0.142. The first-order valence-corrected chi connectivity index (χ1v) is 9.46. The summed E-state index contributed by atoms with van der Waals surface area (Å²) in [6.07, 6.45) is -0.00387. The number of rotatable bonds is 10. The molecule has 0 spiro atoms. The Labute approximate surface area is 173 Å². The van der Waals surface area contributed by atoms with Crippen molar-refractivity contribution in [3.63, 3.8) is 0 Å². The lowest BCUT2D eigenvalue weighted by Gasteiger charge is -2.21. The number of amides is 3. The number of aromatic hydroxyl groups is 1. The average molecular weight is 426 g/mol. The number of nitrogens with two attached hydrogens (primary N) is 1. The smallest absolute Gasteiger partial charge is 0.326 e. The van der Waals surface area contributed by atoms with Gasteiger partial charge in [-0.2, -0.15) is 12.6 Å². The number of thiol groups is 1. The number of hydrogen-bond acceptors (Lipinski definition) is 7. The van der Waals surface area contributed by atoms with Gasteiger partial charge >= 0.3 is 5.97 Å². The van der Waals surface area contributed by atoms with E-state index in [-0.39, 0.29) is 17.9 Å². The molecule has 0 aliphatic rings. The molecule has 0 radical (unpaired) electrons. The molecule has 4 unspecified atom stereocenters. The van der Waals surface area contributed by atoms with Gasteiger partial charge in [0.1, 0.15) is 23.9 Å². The van der Waals surface area contributed by atoms with Crippen molar-refractivity contribution in [3.05, 3.63) is 29.8 Å². The van der Waals surface area contributed by atoms with Crippen molar-refractivity contribution in [2.45, 2.75) is 44.4 Å². The molecular formula is C18H26N4O6S. The fourth-order valence-corrected chi connectivity index (χ4v) is 2.40. The minimum absolute atomic E-state index is 0.00387. The van der Waals surface area contributed by atoms with Crippen LogP contribution < -0.4 is 21.7 Å². The molecule has 10 nitrogen and oxygen atoms in total. The van der Waals surface area contributed by atoms with Crippen LogP contribution in [0.25, 0.3) is 0 Å². The number of carbonyl (C=O) groups is 4. The van der Waals surface area contributed by atoms with Gasteiger partial charge in [0.15, 0.2) is 0 Å². The third-order valence-corrected chi connectivity index (χ3v) is 4.42. The Morgan fingerprint density at radius 2 is 1.45 bits per heavy atom. The fourth-order valence-electron chi connectivity index (χ4n) is 2.24. The van der Waals surface area contributed by atoms with E-state index in [1.165, 1.54) is 26.0 Å². The zero-order chi connectivity index (χ0) is 22.1. The number of carboxylic acids is 1. The molecule has 3 amide bonds. The molecule has 0 fully saturated rings. The van der Waals surface area contributed by atoms with Gasteiger partial charge in [-0.3, -0.25) is 14.4 Å². The Morgan fingerprint density at radius 1 is 0.966 bits per heavy atom. The number of carboxylic acid groups (broad SMARTS) is 1. The molecule has 0 bridgehead atoms. The van der Waals surface area contributed by atoms with E-state index >= 15 is 0 Å². The topological polar surface area (TPSA) is 171 Å². The molecule has 0 saturated carbocycles. The molecule has 29 heavy (non-hydrogen) atoms. The van der Waals surface area contributed by atoms with Crippen LogP contribution in [0.5, 0.6) is 5.75 Å². The first kappa shape index (κ1) is 24.2. The molecule has 4 atom stereocenters. The van der Waals surface area contributed by atoms with Crippen LogP contribution in [-0.2, 0) is 25.6 Å². The molecule has 1 rings (SSSR count). The Bertz CT molecular complexity index is 742. The van der Waals surface area contributed by atoms with E-state index in [1.807, 2.05) is 0 Å². The van der Waals surface area contributed by atoms with Crippen molar-refractivity contribution in [1.82, 2.24) is 16.0 Å². The number of aliphatic carboxylic acids is 1. The Morgan fingerprint density at radius 3 is 1.93 bits per heavy atom. The van der Waals surface area contributed by atoms with E-state index < -0.39 is 47.9 Å². The number of phenolic OH excluding ortho intramolecular Hbond substituents is 1. The minimum Gasteiger partial charge on any atom is -0.508 e. The standard InChI is InChI=1S/C18H26N4O6S/c1-9(21-17(26)13(19)8-29)15(24)20-10(2)16(25)22-14(18(27)28)7-11-3-5-12(23)6-4-11/h3-6,9-10,13-14,23,29H,7-8,19H2,1-2H3,(H,20,24)(H,21,26)(H,22,25)(H,27,28). The van der Waals surface area contributed by atoms with Gasteiger partial charge < -0.3 is 31.9 Å². The Kier molecular flexibility index (Phi) is 9.42. The van der Waals surface area contributed by atoms with Gasteiger partial charge in [0.2, 0.25) is 17.7 Å². The summed E-state index contributed by atoms with van der Waals surface area (Å²) in [5, 5.41) is 25.8. The zero-order valence-electron chi connectivity index (χ0n) is 16.1. The summed E-state index contributed by atoms with van der Waals surface area (Å²) < 4.78 is 0. The molecular weight excluding hydrogens is 400 g/mol. The normalized spacial score (nSPS) is 14.8. The molecule has 0 saturated heterocycles. The maximum absolute atomic E-state index is 12.3. The lowest BCUT2D eigenvalue weighted by atomic mass is 10.1.